The molecule has 0 saturated carbocycles. The lowest BCUT2D eigenvalue weighted by molar-refractivity contribution is 1.05. The molecule has 0 aliphatic heterocycles. The highest BCUT2D eigenvalue weighted by atomic mass is 35.5. The average Bonchev–Trinajstić information content (AvgIpc) is 3.18. The van der Waals surface area contributed by atoms with Crippen LogP contribution in [-0.4, -0.2) is 15.0 Å². The Bertz CT molecular complexity index is 2330. The van der Waals surface area contributed by atoms with E-state index in [1.807, 2.05) is 54.6 Å². The first kappa shape index (κ1) is 31.6. The predicted octanol–water partition coefficient (Wildman–Crippen LogP) is 12.9. The lowest BCUT2D eigenvalue weighted by Gasteiger charge is -2.14. The fourth-order valence-corrected chi connectivity index (χ4v) is 6.85. The van der Waals surface area contributed by atoms with E-state index in [0.717, 1.165) is 68.5 Å². The first-order valence-corrected chi connectivity index (χ1v) is 17.4. The van der Waals surface area contributed by atoms with Gasteiger partial charge in [-0.2, -0.15) is 0 Å². The molecule has 0 radical (unpaired) electrons. The Hall–Kier alpha value is -5.61. The number of aromatic nitrogens is 3. The molecule has 8 rings (SSSR count). The maximum Gasteiger partial charge on any atom is 0.164 e. The summed E-state index contributed by atoms with van der Waals surface area (Å²) in [5, 5.41) is 1.23. The maximum atomic E-state index is 6.79. The lowest BCUT2D eigenvalue weighted by Crippen LogP contribution is -2.01. The summed E-state index contributed by atoms with van der Waals surface area (Å²) in [5.74, 6) is 1.62. The van der Waals surface area contributed by atoms with Gasteiger partial charge < -0.3 is 0 Å². The van der Waals surface area contributed by atoms with Gasteiger partial charge in [0.05, 0.1) is 0 Å². The van der Waals surface area contributed by atoms with Gasteiger partial charge in [0.2, 0.25) is 0 Å². The smallest absolute Gasteiger partial charge is 0.164 e. The highest BCUT2D eigenvalue weighted by Gasteiger charge is 2.17. The zero-order chi connectivity index (χ0) is 33.9. The van der Waals surface area contributed by atoms with E-state index >= 15 is 0 Å². The summed E-state index contributed by atoms with van der Waals surface area (Å²) in [4.78, 5) is 15.4. The molecule has 1 aliphatic rings. The van der Waals surface area contributed by atoms with Gasteiger partial charge in [0.15, 0.2) is 17.5 Å². The molecule has 1 aromatic heterocycles. The Morgan fingerprint density at radius 2 is 0.740 bits per heavy atom. The van der Waals surface area contributed by atoms with Gasteiger partial charge in [-0.3, -0.25) is 0 Å². The van der Waals surface area contributed by atoms with E-state index in [9.17, 15) is 0 Å². The fraction of sp³-hybridized carbons (Fsp3) is 0.0444. The molecule has 0 amide bonds. The molecule has 50 heavy (non-hydrogen) atoms. The third-order valence-electron chi connectivity index (χ3n) is 8.84. The van der Waals surface area contributed by atoms with E-state index in [1.54, 1.807) is 0 Å². The topological polar surface area (TPSA) is 38.7 Å². The molecule has 1 aliphatic carbocycles. The van der Waals surface area contributed by atoms with E-state index in [1.165, 1.54) is 5.57 Å². The first-order chi connectivity index (χ1) is 24.6. The highest BCUT2D eigenvalue weighted by Crippen LogP contribution is 2.36. The minimum atomic E-state index is 0.525. The molecule has 1 heterocycles. The molecule has 5 heteroatoms. The van der Waals surface area contributed by atoms with Crippen LogP contribution < -0.4 is 0 Å². The van der Waals surface area contributed by atoms with Gasteiger partial charge >= 0.3 is 0 Å². The Labute approximate surface area is 302 Å². The van der Waals surface area contributed by atoms with Gasteiger partial charge in [-0.05, 0) is 112 Å². The molecule has 0 unspecified atom stereocenters. The standard InChI is InChI=1S/C45H31Cl2N3/c46-41-26-36(32-17-9-3-10-18-32)24-39(28-41)44-48-43(49-45(50-44)40-25-37(27-42(47)29-40)33-19-11-4-12-20-33)38-22-34(30-13-5-1-6-14-30)21-35(23-38)31-15-7-2-8-16-31/h1-11,13-19,21-29H,12,20H2. The van der Waals surface area contributed by atoms with Gasteiger partial charge in [-0.15, -0.1) is 0 Å². The Balaban J connectivity index is 1.35. The number of halogens is 2. The van der Waals surface area contributed by atoms with E-state index in [0.29, 0.717) is 27.5 Å². The quantitative estimate of drug-likeness (QED) is 0.168. The van der Waals surface area contributed by atoms with Crippen molar-refractivity contribution in [3.05, 3.63) is 179 Å². The molecule has 0 spiro atoms. The number of nitrogens with zero attached hydrogens (tertiary/aromatic N) is 3. The minimum Gasteiger partial charge on any atom is -0.208 e. The summed E-state index contributed by atoms with van der Waals surface area (Å²) in [7, 11) is 0. The summed E-state index contributed by atoms with van der Waals surface area (Å²) in [5.41, 5.74) is 11.2. The summed E-state index contributed by atoms with van der Waals surface area (Å²) in [6.45, 7) is 0. The van der Waals surface area contributed by atoms with Crippen LogP contribution in [0.1, 0.15) is 18.4 Å². The zero-order valence-corrected chi connectivity index (χ0v) is 28.6. The number of allylic oxidation sites excluding steroid dienone is 4. The zero-order valence-electron chi connectivity index (χ0n) is 27.1. The third kappa shape index (κ3) is 6.93. The van der Waals surface area contributed by atoms with Crippen LogP contribution in [0.5, 0.6) is 0 Å². The monoisotopic (exact) mass is 683 g/mol. The fourth-order valence-electron chi connectivity index (χ4n) is 6.38. The van der Waals surface area contributed by atoms with Crippen LogP contribution in [0.2, 0.25) is 10.0 Å². The molecule has 0 fully saturated rings. The van der Waals surface area contributed by atoms with Crippen LogP contribution in [0.4, 0.5) is 0 Å². The summed E-state index contributed by atoms with van der Waals surface area (Å²) >= 11 is 13.6. The van der Waals surface area contributed by atoms with Crippen molar-refractivity contribution in [1.82, 2.24) is 15.0 Å². The van der Waals surface area contributed by atoms with Crippen molar-refractivity contribution in [3.8, 4) is 67.5 Å². The van der Waals surface area contributed by atoms with Gasteiger partial charge in [0.1, 0.15) is 0 Å². The van der Waals surface area contributed by atoms with Crippen LogP contribution in [0.15, 0.2) is 164 Å². The average molecular weight is 685 g/mol. The van der Waals surface area contributed by atoms with E-state index < -0.39 is 0 Å². The first-order valence-electron chi connectivity index (χ1n) is 16.6. The van der Waals surface area contributed by atoms with Crippen molar-refractivity contribution < 1.29 is 0 Å². The largest absolute Gasteiger partial charge is 0.208 e. The van der Waals surface area contributed by atoms with Crippen LogP contribution in [0.3, 0.4) is 0 Å². The molecule has 0 saturated heterocycles. The second-order valence-corrected chi connectivity index (χ2v) is 13.2. The number of hydrogen-bond acceptors (Lipinski definition) is 3. The highest BCUT2D eigenvalue weighted by molar-refractivity contribution is 6.31. The van der Waals surface area contributed by atoms with Crippen molar-refractivity contribution in [1.29, 1.82) is 0 Å². The Kier molecular flexibility index (Phi) is 8.92. The van der Waals surface area contributed by atoms with Crippen LogP contribution in [0.25, 0.3) is 73.1 Å². The Morgan fingerprint density at radius 3 is 1.18 bits per heavy atom. The summed E-state index contributed by atoms with van der Waals surface area (Å²) < 4.78 is 0. The van der Waals surface area contributed by atoms with Crippen molar-refractivity contribution in [2.24, 2.45) is 0 Å². The number of hydrogen-bond donors (Lipinski definition) is 0. The third-order valence-corrected chi connectivity index (χ3v) is 9.28. The summed E-state index contributed by atoms with van der Waals surface area (Å²) in [6.07, 6.45) is 8.38. The van der Waals surface area contributed by atoms with Crippen molar-refractivity contribution in [2.45, 2.75) is 12.8 Å². The molecular weight excluding hydrogens is 653 g/mol. The molecule has 240 valence electrons. The van der Waals surface area contributed by atoms with E-state index in [4.69, 9.17) is 38.2 Å². The minimum absolute atomic E-state index is 0.525. The SMILES string of the molecule is Clc1cc(C2=CC=CCC2)cc(-c2nc(-c3cc(Cl)cc(-c4ccccc4)c3)nc(-c3cc(-c4ccccc4)cc(-c4ccccc4)c3)n2)c1. The van der Waals surface area contributed by atoms with Gasteiger partial charge in [0, 0.05) is 26.7 Å². The maximum absolute atomic E-state index is 6.79. The summed E-state index contributed by atoms with van der Waals surface area (Å²) in [6, 6.07) is 49.5. The van der Waals surface area contributed by atoms with Crippen molar-refractivity contribution in [2.75, 3.05) is 0 Å². The van der Waals surface area contributed by atoms with Crippen molar-refractivity contribution >= 4 is 28.8 Å². The molecule has 0 atom stereocenters. The van der Waals surface area contributed by atoms with E-state index in [-0.39, 0.29) is 0 Å². The molecular formula is C45H31Cl2N3. The van der Waals surface area contributed by atoms with Crippen molar-refractivity contribution in [3.63, 3.8) is 0 Å². The van der Waals surface area contributed by atoms with Gasteiger partial charge in [-0.25, -0.2) is 15.0 Å². The van der Waals surface area contributed by atoms with Gasteiger partial charge in [-0.1, -0.05) is 132 Å². The van der Waals surface area contributed by atoms with Crippen LogP contribution in [-0.2, 0) is 0 Å². The van der Waals surface area contributed by atoms with Gasteiger partial charge in [0.25, 0.3) is 0 Å². The second kappa shape index (κ2) is 14.1. The number of rotatable bonds is 7. The molecule has 0 N–H and O–H groups in total. The van der Waals surface area contributed by atoms with E-state index in [2.05, 4.69) is 109 Å². The molecule has 3 nitrogen and oxygen atoms in total. The lowest BCUT2D eigenvalue weighted by atomic mass is 9.95. The molecule has 6 aromatic carbocycles. The number of benzene rings is 6. The second-order valence-electron chi connectivity index (χ2n) is 12.3. The predicted molar refractivity (Wildman–Crippen MR) is 209 cm³/mol. The van der Waals surface area contributed by atoms with Crippen LogP contribution >= 0.6 is 23.2 Å². The normalized spacial score (nSPS) is 12.5. The molecule has 7 aromatic rings. The molecule has 0 bridgehead atoms. The van der Waals surface area contributed by atoms with Crippen LogP contribution in [0, 0.1) is 0 Å². The Morgan fingerprint density at radius 1 is 0.380 bits per heavy atom.